The molecule has 0 spiro atoms. The number of benzene rings is 2. The number of hydrogen-bond acceptors (Lipinski definition) is 4. The zero-order chi connectivity index (χ0) is 20.4. The third-order valence-electron chi connectivity index (χ3n) is 4.21. The molecule has 0 unspecified atom stereocenters. The largest absolute Gasteiger partial charge is 0.493 e. The summed E-state index contributed by atoms with van der Waals surface area (Å²) in [5.41, 5.74) is 1.15. The highest BCUT2D eigenvalue weighted by Gasteiger charge is 2.08. The minimum atomic E-state index is -0.309. The lowest BCUT2D eigenvalue weighted by Crippen LogP contribution is -2.41. The number of guanidine groups is 1. The summed E-state index contributed by atoms with van der Waals surface area (Å²) in [6.07, 6.45) is 0.831. The fourth-order valence-electron chi connectivity index (χ4n) is 2.71. The second-order valence-electron chi connectivity index (χ2n) is 6.14. The molecular formula is C21H29FIN3O3. The number of methoxy groups -OCH3 is 2. The van der Waals surface area contributed by atoms with E-state index in [1.165, 1.54) is 12.1 Å². The third-order valence-corrected chi connectivity index (χ3v) is 4.21. The highest BCUT2D eigenvalue weighted by atomic mass is 127. The van der Waals surface area contributed by atoms with Gasteiger partial charge in [0.1, 0.15) is 18.2 Å². The summed E-state index contributed by atoms with van der Waals surface area (Å²) in [6.45, 7) is 1.75. The number of hydrogen-bond donors (Lipinski definition) is 1. The number of rotatable bonds is 9. The first-order valence-corrected chi connectivity index (χ1v) is 9.08. The van der Waals surface area contributed by atoms with E-state index < -0.39 is 0 Å². The zero-order valence-corrected chi connectivity index (χ0v) is 19.6. The van der Waals surface area contributed by atoms with Crippen LogP contribution in [0.25, 0.3) is 0 Å². The smallest absolute Gasteiger partial charge is 0.193 e. The van der Waals surface area contributed by atoms with Crippen LogP contribution in [0.2, 0.25) is 0 Å². The van der Waals surface area contributed by atoms with Crippen LogP contribution in [0.1, 0.15) is 5.56 Å². The SMILES string of the molecule is CN=C(NCCOc1cccc(F)c1)N(C)CCc1ccc(OC)c(OC)c1.I. The van der Waals surface area contributed by atoms with Crippen molar-refractivity contribution in [2.45, 2.75) is 6.42 Å². The molecular weight excluding hydrogens is 488 g/mol. The van der Waals surface area contributed by atoms with E-state index in [9.17, 15) is 4.39 Å². The predicted molar refractivity (Wildman–Crippen MR) is 125 cm³/mol. The molecule has 2 rings (SSSR count). The van der Waals surface area contributed by atoms with Gasteiger partial charge in [-0.05, 0) is 36.2 Å². The van der Waals surface area contributed by atoms with Gasteiger partial charge in [-0.25, -0.2) is 4.39 Å². The minimum Gasteiger partial charge on any atom is -0.493 e. The first-order chi connectivity index (χ1) is 13.6. The first-order valence-electron chi connectivity index (χ1n) is 9.08. The van der Waals surface area contributed by atoms with Gasteiger partial charge in [0.25, 0.3) is 0 Å². The summed E-state index contributed by atoms with van der Waals surface area (Å²) in [7, 11) is 6.97. The molecule has 0 atom stereocenters. The van der Waals surface area contributed by atoms with E-state index in [4.69, 9.17) is 14.2 Å². The van der Waals surface area contributed by atoms with Crippen molar-refractivity contribution in [2.24, 2.45) is 4.99 Å². The number of aliphatic imine (C=N–C) groups is 1. The molecule has 0 saturated carbocycles. The molecule has 8 heteroatoms. The Balaban J connectivity index is 0.00000420. The standard InChI is InChI=1S/C21H28FN3O3.HI/c1-23-21(24-11-13-28-18-7-5-6-17(22)15-18)25(2)12-10-16-8-9-19(26-3)20(14-16)27-4;/h5-9,14-15H,10-13H2,1-4H3,(H,23,24);1H. The Labute approximate surface area is 189 Å². The van der Waals surface area contributed by atoms with Gasteiger partial charge in [0.05, 0.1) is 20.8 Å². The molecule has 0 bridgehead atoms. The van der Waals surface area contributed by atoms with E-state index >= 15 is 0 Å². The predicted octanol–water partition coefficient (Wildman–Crippen LogP) is 3.59. The normalized spacial score (nSPS) is 10.7. The molecule has 6 nitrogen and oxygen atoms in total. The second-order valence-corrected chi connectivity index (χ2v) is 6.14. The number of nitrogens with one attached hydrogen (secondary N) is 1. The lowest BCUT2D eigenvalue weighted by atomic mass is 10.1. The lowest BCUT2D eigenvalue weighted by molar-refractivity contribution is 0.318. The number of halogens is 2. The monoisotopic (exact) mass is 517 g/mol. The summed E-state index contributed by atoms with van der Waals surface area (Å²) in [4.78, 5) is 6.33. The van der Waals surface area contributed by atoms with Crippen LogP contribution in [0.4, 0.5) is 4.39 Å². The van der Waals surface area contributed by atoms with Gasteiger partial charge in [-0.1, -0.05) is 12.1 Å². The summed E-state index contributed by atoms with van der Waals surface area (Å²) < 4.78 is 29.3. The molecule has 160 valence electrons. The molecule has 0 amide bonds. The van der Waals surface area contributed by atoms with Gasteiger partial charge in [0, 0.05) is 26.7 Å². The van der Waals surface area contributed by atoms with Crippen LogP contribution in [0.5, 0.6) is 17.2 Å². The Kier molecular flexibility index (Phi) is 11.2. The second kappa shape index (κ2) is 13.1. The molecule has 0 aromatic heterocycles. The quantitative estimate of drug-likeness (QED) is 0.239. The molecule has 2 aromatic rings. The van der Waals surface area contributed by atoms with E-state index in [0.29, 0.717) is 18.9 Å². The number of ether oxygens (including phenoxy) is 3. The highest BCUT2D eigenvalue weighted by Crippen LogP contribution is 2.27. The van der Waals surface area contributed by atoms with Gasteiger partial charge in [-0.3, -0.25) is 4.99 Å². The topological polar surface area (TPSA) is 55.3 Å². The van der Waals surface area contributed by atoms with E-state index in [1.54, 1.807) is 33.4 Å². The van der Waals surface area contributed by atoms with Crippen molar-refractivity contribution in [3.63, 3.8) is 0 Å². The first kappa shape index (κ1) is 24.8. The van der Waals surface area contributed by atoms with Crippen molar-refractivity contribution in [3.8, 4) is 17.2 Å². The van der Waals surface area contributed by atoms with E-state index in [2.05, 4.69) is 10.3 Å². The lowest BCUT2D eigenvalue weighted by Gasteiger charge is -2.22. The van der Waals surface area contributed by atoms with Gasteiger partial charge >= 0.3 is 0 Å². The maximum absolute atomic E-state index is 13.1. The van der Waals surface area contributed by atoms with Gasteiger partial charge in [0.15, 0.2) is 17.5 Å². The maximum Gasteiger partial charge on any atom is 0.193 e. The molecule has 2 aromatic carbocycles. The number of likely N-dealkylation sites (N-methyl/N-ethyl adjacent to an activating group) is 1. The fraction of sp³-hybridized carbons (Fsp3) is 0.381. The summed E-state index contributed by atoms with van der Waals surface area (Å²) in [5.74, 6) is 2.41. The maximum atomic E-state index is 13.1. The summed E-state index contributed by atoms with van der Waals surface area (Å²) in [6, 6.07) is 12.0. The van der Waals surface area contributed by atoms with Gasteiger partial charge in [0.2, 0.25) is 0 Å². The molecule has 0 radical (unpaired) electrons. The molecule has 0 aliphatic carbocycles. The van der Waals surface area contributed by atoms with Gasteiger partial charge < -0.3 is 24.4 Å². The summed E-state index contributed by atoms with van der Waals surface area (Å²) >= 11 is 0. The van der Waals surface area contributed by atoms with Crippen molar-refractivity contribution in [1.82, 2.24) is 10.2 Å². The van der Waals surface area contributed by atoms with Crippen molar-refractivity contribution < 1.29 is 18.6 Å². The van der Waals surface area contributed by atoms with Crippen LogP contribution in [0.15, 0.2) is 47.5 Å². The van der Waals surface area contributed by atoms with E-state index in [-0.39, 0.29) is 29.8 Å². The van der Waals surface area contributed by atoms with E-state index in [1.807, 2.05) is 30.1 Å². The minimum absolute atomic E-state index is 0. The molecule has 0 heterocycles. The zero-order valence-electron chi connectivity index (χ0n) is 17.3. The highest BCUT2D eigenvalue weighted by molar-refractivity contribution is 14.0. The molecule has 0 aliphatic rings. The van der Waals surface area contributed by atoms with Crippen molar-refractivity contribution in [3.05, 3.63) is 53.8 Å². The average molecular weight is 517 g/mol. The Hall–Kier alpha value is -2.23. The molecule has 1 N–H and O–H groups in total. The fourth-order valence-corrected chi connectivity index (χ4v) is 2.71. The van der Waals surface area contributed by atoms with Crippen molar-refractivity contribution in [1.29, 1.82) is 0 Å². The van der Waals surface area contributed by atoms with Crippen LogP contribution >= 0.6 is 24.0 Å². The van der Waals surface area contributed by atoms with E-state index in [0.717, 1.165) is 36.0 Å². The van der Waals surface area contributed by atoms with Crippen LogP contribution in [-0.4, -0.2) is 58.9 Å². The molecule has 0 saturated heterocycles. The van der Waals surface area contributed by atoms with Crippen LogP contribution in [0, 0.1) is 5.82 Å². The van der Waals surface area contributed by atoms with Gasteiger partial charge in [-0.15, -0.1) is 24.0 Å². The Morgan fingerprint density at radius 1 is 1.10 bits per heavy atom. The van der Waals surface area contributed by atoms with Crippen molar-refractivity contribution in [2.75, 3.05) is 48.0 Å². The average Bonchev–Trinajstić information content (AvgIpc) is 2.71. The van der Waals surface area contributed by atoms with Crippen LogP contribution in [0.3, 0.4) is 0 Å². The molecule has 0 fully saturated rings. The van der Waals surface area contributed by atoms with Crippen molar-refractivity contribution >= 4 is 29.9 Å². The number of nitrogens with zero attached hydrogens (tertiary/aromatic N) is 2. The van der Waals surface area contributed by atoms with Crippen LogP contribution in [-0.2, 0) is 6.42 Å². The third kappa shape index (κ3) is 7.96. The molecule has 0 aliphatic heterocycles. The summed E-state index contributed by atoms with van der Waals surface area (Å²) in [5, 5.41) is 3.24. The Morgan fingerprint density at radius 2 is 1.86 bits per heavy atom. The van der Waals surface area contributed by atoms with Gasteiger partial charge in [-0.2, -0.15) is 0 Å². The Morgan fingerprint density at radius 3 is 2.52 bits per heavy atom. The van der Waals surface area contributed by atoms with Crippen LogP contribution < -0.4 is 19.5 Å². The molecule has 29 heavy (non-hydrogen) atoms. The Bertz CT molecular complexity index is 790.